The van der Waals surface area contributed by atoms with Gasteiger partial charge in [0.1, 0.15) is 5.00 Å². The molecular weight excluding hydrogens is 224 g/mol. The van der Waals surface area contributed by atoms with E-state index >= 15 is 0 Å². The SMILES string of the molecule is CCc1ncsc1NC(=O)CC(O)C(C)C. The number of nitrogens with zero attached hydrogens (tertiary/aromatic N) is 1. The van der Waals surface area contributed by atoms with Crippen LogP contribution in [0, 0.1) is 5.92 Å². The maximum absolute atomic E-state index is 11.6. The Morgan fingerprint density at radius 2 is 2.31 bits per heavy atom. The Morgan fingerprint density at radius 1 is 1.62 bits per heavy atom. The first-order valence-corrected chi connectivity index (χ1v) is 6.32. The molecule has 0 spiro atoms. The van der Waals surface area contributed by atoms with E-state index in [-0.39, 0.29) is 18.2 Å². The van der Waals surface area contributed by atoms with Gasteiger partial charge in [-0.15, -0.1) is 11.3 Å². The van der Waals surface area contributed by atoms with Gasteiger partial charge in [0.25, 0.3) is 0 Å². The number of hydrogen-bond acceptors (Lipinski definition) is 4. The molecule has 0 fully saturated rings. The van der Waals surface area contributed by atoms with Gasteiger partial charge in [-0.3, -0.25) is 4.79 Å². The molecule has 2 N–H and O–H groups in total. The minimum Gasteiger partial charge on any atom is -0.392 e. The second kappa shape index (κ2) is 5.96. The highest BCUT2D eigenvalue weighted by Gasteiger charge is 2.15. The summed E-state index contributed by atoms with van der Waals surface area (Å²) in [4.78, 5) is 15.7. The van der Waals surface area contributed by atoms with Gasteiger partial charge in [0.05, 0.1) is 23.7 Å². The number of aliphatic hydroxyl groups excluding tert-OH is 1. The summed E-state index contributed by atoms with van der Waals surface area (Å²) in [6.45, 7) is 5.78. The molecular formula is C11H18N2O2S. The molecule has 1 aromatic heterocycles. The highest BCUT2D eigenvalue weighted by Crippen LogP contribution is 2.21. The number of carbonyl (C=O) groups is 1. The third-order valence-electron chi connectivity index (χ3n) is 2.39. The van der Waals surface area contributed by atoms with E-state index in [0.717, 1.165) is 17.1 Å². The molecule has 1 atom stereocenters. The molecule has 1 unspecified atom stereocenters. The fourth-order valence-corrected chi connectivity index (χ4v) is 2.02. The van der Waals surface area contributed by atoms with Gasteiger partial charge < -0.3 is 10.4 Å². The smallest absolute Gasteiger partial charge is 0.227 e. The van der Waals surface area contributed by atoms with Gasteiger partial charge in [0.15, 0.2) is 0 Å². The van der Waals surface area contributed by atoms with Gasteiger partial charge in [-0.05, 0) is 12.3 Å². The molecule has 1 amide bonds. The molecule has 90 valence electrons. The van der Waals surface area contributed by atoms with Gasteiger partial charge in [-0.2, -0.15) is 0 Å². The highest BCUT2D eigenvalue weighted by molar-refractivity contribution is 7.14. The van der Waals surface area contributed by atoms with E-state index in [1.54, 1.807) is 5.51 Å². The molecule has 0 saturated carbocycles. The van der Waals surface area contributed by atoms with Crippen molar-refractivity contribution in [2.45, 2.75) is 39.7 Å². The Morgan fingerprint density at radius 3 is 2.88 bits per heavy atom. The highest BCUT2D eigenvalue weighted by atomic mass is 32.1. The van der Waals surface area contributed by atoms with Crippen LogP contribution in [0.15, 0.2) is 5.51 Å². The summed E-state index contributed by atoms with van der Waals surface area (Å²) >= 11 is 1.41. The fraction of sp³-hybridized carbons (Fsp3) is 0.636. The van der Waals surface area contributed by atoms with E-state index in [2.05, 4.69) is 10.3 Å². The second-order valence-corrected chi connectivity index (χ2v) is 4.90. The number of hydrogen-bond donors (Lipinski definition) is 2. The lowest BCUT2D eigenvalue weighted by molar-refractivity contribution is -0.118. The first kappa shape index (κ1) is 13.1. The normalized spacial score (nSPS) is 12.8. The molecule has 0 bridgehead atoms. The number of aryl methyl sites for hydroxylation is 1. The summed E-state index contributed by atoms with van der Waals surface area (Å²) in [6, 6.07) is 0. The predicted octanol–water partition coefficient (Wildman–Crippen LogP) is 2.05. The van der Waals surface area contributed by atoms with Crippen LogP contribution in [0.5, 0.6) is 0 Å². The summed E-state index contributed by atoms with van der Waals surface area (Å²) in [5.41, 5.74) is 2.62. The molecule has 16 heavy (non-hydrogen) atoms. The Labute approximate surface area is 99.7 Å². The van der Waals surface area contributed by atoms with E-state index in [4.69, 9.17) is 0 Å². The van der Waals surface area contributed by atoms with Gasteiger partial charge in [-0.25, -0.2) is 4.98 Å². The molecule has 4 nitrogen and oxygen atoms in total. The summed E-state index contributed by atoms with van der Waals surface area (Å²) in [6.07, 6.45) is 0.350. The average Bonchev–Trinajstić information content (AvgIpc) is 2.64. The van der Waals surface area contributed by atoms with Crippen LogP contribution in [0.1, 0.15) is 32.9 Å². The van der Waals surface area contributed by atoms with Crippen molar-refractivity contribution in [3.8, 4) is 0 Å². The number of amides is 1. The molecule has 0 aliphatic heterocycles. The zero-order valence-electron chi connectivity index (χ0n) is 9.86. The van der Waals surface area contributed by atoms with Crippen LogP contribution in [0.4, 0.5) is 5.00 Å². The first-order valence-electron chi connectivity index (χ1n) is 5.44. The van der Waals surface area contributed by atoms with Gasteiger partial charge in [-0.1, -0.05) is 20.8 Å². The second-order valence-electron chi connectivity index (χ2n) is 4.05. The molecule has 0 radical (unpaired) electrons. The van der Waals surface area contributed by atoms with Crippen molar-refractivity contribution >= 4 is 22.2 Å². The van der Waals surface area contributed by atoms with Crippen molar-refractivity contribution in [2.75, 3.05) is 5.32 Å². The van der Waals surface area contributed by atoms with E-state index in [1.165, 1.54) is 11.3 Å². The molecule has 1 heterocycles. The van der Waals surface area contributed by atoms with Crippen molar-refractivity contribution < 1.29 is 9.90 Å². The van der Waals surface area contributed by atoms with Crippen molar-refractivity contribution in [3.63, 3.8) is 0 Å². The third kappa shape index (κ3) is 3.57. The lowest BCUT2D eigenvalue weighted by Crippen LogP contribution is -2.23. The summed E-state index contributed by atoms with van der Waals surface area (Å²) < 4.78 is 0. The van der Waals surface area contributed by atoms with Crippen LogP contribution < -0.4 is 5.32 Å². The van der Waals surface area contributed by atoms with E-state index in [1.807, 2.05) is 20.8 Å². The largest absolute Gasteiger partial charge is 0.392 e. The third-order valence-corrected chi connectivity index (χ3v) is 3.18. The molecule has 1 aromatic rings. The molecule has 0 aliphatic rings. The Kier molecular flexibility index (Phi) is 4.89. The van der Waals surface area contributed by atoms with E-state index in [0.29, 0.717) is 0 Å². The van der Waals surface area contributed by atoms with Gasteiger partial charge in [0, 0.05) is 0 Å². The molecule has 5 heteroatoms. The predicted molar refractivity (Wildman–Crippen MR) is 65.6 cm³/mol. The number of aliphatic hydroxyl groups is 1. The number of thiazole rings is 1. The standard InChI is InChI=1S/C11H18N2O2S/c1-4-8-11(16-6-12-8)13-10(15)5-9(14)7(2)3/h6-7,9,14H,4-5H2,1-3H3,(H,13,15). The summed E-state index contributed by atoms with van der Waals surface area (Å²) in [5, 5.41) is 13.2. The van der Waals surface area contributed by atoms with Crippen molar-refractivity contribution in [1.29, 1.82) is 0 Å². The van der Waals surface area contributed by atoms with Crippen molar-refractivity contribution in [2.24, 2.45) is 5.92 Å². The number of carbonyl (C=O) groups excluding carboxylic acids is 1. The number of nitrogens with one attached hydrogen (secondary N) is 1. The number of anilines is 1. The average molecular weight is 242 g/mol. The maximum Gasteiger partial charge on any atom is 0.227 e. The minimum atomic E-state index is -0.585. The van der Waals surface area contributed by atoms with Crippen LogP contribution >= 0.6 is 11.3 Å². The lowest BCUT2D eigenvalue weighted by Gasteiger charge is -2.13. The van der Waals surface area contributed by atoms with Crippen LogP contribution in [0.3, 0.4) is 0 Å². The quantitative estimate of drug-likeness (QED) is 0.830. The first-order chi connectivity index (χ1) is 7.54. The zero-order chi connectivity index (χ0) is 12.1. The lowest BCUT2D eigenvalue weighted by atomic mass is 10.0. The fourth-order valence-electron chi connectivity index (χ4n) is 1.23. The van der Waals surface area contributed by atoms with Crippen molar-refractivity contribution in [3.05, 3.63) is 11.2 Å². The van der Waals surface area contributed by atoms with E-state index < -0.39 is 6.10 Å². The topological polar surface area (TPSA) is 62.2 Å². The minimum absolute atomic E-state index is 0.0952. The van der Waals surface area contributed by atoms with Crippen LogP contribution in [0.25, 0.3) is 0 Å². The molecule has 0 aliphatic carbocycles. The van der Waals surface area contributed by atoms with Gasteiger partial charge >= 0.3 is 0 Å². The van der Waals surface area contributed by atoms with Crippen molar-refractivity contribution in [1.82, 2.24) is 4.98 Å². The number of aromatic nitrogens is 1. The maximum atomic E-state index is 11.6. The molecule has 0 saturated heterocycles. The molecule has 0 aromatic carbocycles. The Bertz CT molecular complexity index is 350. The van der Waals surface area contributed by atoms with Gasteiger partial charge in [0.2, 0.25) is 5.91 Å². The Balaban J connectivity index is 2.52. The van der Waals surface area contributed by atoms with E-state index in [9.17, 15) is 9.90 Å². The van der Waals surface area contributed by atoms with Crippen LogP contribution in [-0.2, 0) is 11.2 Å². The summed E-state index contributed by atoms with van der Waals surface area (Å²) in [7, 11) is 0. The number of rotatable bonds is 5. The monoisotopic (exact) mass is 242 g/mol. The zero-order valence-corrected chi connectivity index (χ0v) is 10.7. The van der Waals surface area contributed by atoms with Crippen LogP contribution in [0.2, 0.25) is 0 Å². The van der Waals surface area contributed by atoms with Crippen LogP contribution in [-0.4, -0.2) is 22.1 Å². The molecule has 1 rings (SSSR count). The Hall–Kier alpha value is -0.940. The summed E-state index contributed by atoms with van der Waals surface area (Å²) in [5.74, 6) is -0.0574.